The van der Waals surface area contributed by atoms with Crippen molar-refractivity contribution < 1.29 is 9.53 Å². The Morgan fingerprint density at radius 3 is 2.50 bits per heavy atom. The Balaban J connectivity index is 1.71. The van der Waals surface area contributed by atoms with Crippen LogP contribution in [0.2, 0.25) is 0 Å². The minimum Gasteiger partial charge on any atom is -0.465 e. The van der Waals surface area contributed by atoms with Crippen molar-refractivity contribution in [2.75, 3.05) is 30.4 Å². The van der Waals surface area contributed by atoms with E-state index in [9.17, 15) is 4.79 Å². The number of hydrogen-bond donors (Lipinski definition) is 1. The summed E-state index contributed by atoms with van der Waals surface area (Å²) in [6, 6.07) is 7.02. The van der Waals surface area contributed by atoms with Crippen LogP contribution < -0.4 is 10.2 Å². The first-order valence-corrected chi connectivity index (χ1v) is 8.16. The van der Waals surface area contributed by atoms with Crippen molar-refractivity contribution in [2.24, 2.45) is 0 Å². The highest BCUT2D eigenvalue weighted by atomic mass is 16.5. The largest absolute Gasteiger partial charge is 0.465 e. The summed E-state index contributed by atoms with van der Waals surface area (Å²) in [5, 5.41) is 11.4. The summed E-state index contributed by atoms with van der Waals surface area (Å²) in [5.74, 6) is 0.942. The predicted molar refractivity (Wildman–Crippen MR) is 91.6 cm³/mol. The molecule has 2 heterocycles. The second kappa shape index (κ2) is 7.72. The normalized spacial score (nSPS) is 14.8. The van der Waals surface area contributed by atoms with Gasteiger partial charge in [0.1, 0.15) is 0 Å². The molecule has 7 nitrogen and oxygen atoms in total. The third kappa shape index (κ3) is 3.98. The molecule has 1 fully saturated rings. The lowest BCUT2D eigenvalue weighted by molar-refractivity contribution is 0.0601. The molecule has 0 amide bonds. The van der Waals surface area contributed by atoms with Crippen molar-refractivity contribution in [3.63, 3.8) is 0 Å². The van der Waals surface area contributed by atoms with Crippen LogP contribution in [0.15, 0.2) is 30.5 Å². The number of esters is 1. The lowest BCUT2D eigenvalue weighted by atomic mass is 10.2. The Hall–Kier alpha value is -2.70. The molecule has 0 spiro atoms. The molecule has 126 valence electrons. The van der Waals surface area contributed by atoms with Crippen LogP contribution in [0.1, 0.15) is 36.0 Å². The summed E-state index contributed by atoms with van der Waals surface area (Å²) in [7, 11) is 1.37. The van der Waals surface area contributed by atoms with Crippen LogP contribution in [-0.2, 0) is 4.74 Å². The average Bonchev–Trinajstić information content (AvgIpc) is 2.91. The van der Waals surface area contributed by atoms with E-state index in [2.05, 4.69) is 25.4 Å². The van der Waals surface area contributed by atoms with Gasteiger partial charge >= 0.3 is 5.97 Å². The van der Waals surface area contributed by atoms with E-state index in [1.54, 1.807) is 30.5 Å². The number of carbonyl (C=O) groups is 1. The Morgan fingerprint density at radius 1 is 1.12 bits per heavy atom. The zero-order valence-electron chi connectivity index (χ0n) is 13.7. The Labute approximate surface area is 141 Å². The molecule has 1 aliphatic rings. The van der Waals surface area contributed by atoms with Crippen molar-refractivity contribution in [2.45, 2.75) is 25.7 Å². The molecule has 3 rings (SSSR count). The number of aromatic nitrogens is 3. The first-order chi connectivity index (χ1) is 11.8. The van der Waals surface area contributed by atoms with E-state index < -0.39 is 0 Å². The maximum atomic E-state index is 11.5. The molecule has 0 bridgehead atoms. The second-order valence-electron chi connectivity index (χ2n) is 5.74. The van der Waals surface area contributed by atoms with E-state index in [-0.39, 0.29) is 5.97 Å². The van der Waals surface area contributed by atoms with Crippen molar-refractivity contribution >= 4 is 23.4 Å². The van der Waals surface area contributed by atoms with Gasteiger partial charge in [0.05, 0.1) is 18.9 Å². The van der Waals surface area contributed by atoms with Crippen LogP contribution in [0.4, 0.5) is 17.5 Å². The van der Waals surface area contributed by atoms with Crippen LogP contribution in [0.25, 0.3) is 0 Å². The third-order valence-corrected chi connectivity index (χ3v) is 4.01. The van der Waals surface area contributed by atoms with Crippen molar-refractivity contribution in [3.05, 3.63) is 36.0 Å². The number of rotatable bonds is 4. The first-order valence-electron chi connectivity index (χ1n) is 8.16. The van der Waals surface area contributed by atoms with Gasteiger partial charge in [0.15, 0.2) is 5.82 Å². The highest BCUT2D eigenvalue weighted by Crippen LogP contribution is 2.19. The van der Waals surface area contributed by atoms with E-state index in [0.717, 1.165) is 31.6 Å². The SMILES string of the molecule is COC(=O)c1ccc(Nc2cnnc(N3CCCCCC3)n2)cc1. The van der Waals surface area contributed by atoms with Gasteiger partial charge < -0.3 is 15.0 Å². The molecule has 7 heteroatoms. The molecule has 1 saturated heterocycles. The van der Waals surface area contributed by atoms with E-state index in [1.807, 2.05) is 0 Å². The summed E-state index contributed by atoms with van der Waals surface area (Å²) in [6.07, 6.45) is 6.43. The molecule has 0 unspecified atom stereocenters. The number of ether oxygens (including phenoxy) is 1. The fourth-order valence-corrected chi connectivity index (χ4v) is 2.71. The molecule has 1 aromatic heterocycles. The van der Waals surface area contributed by atoms with E-state index in [4.69, 9.17) is 4.74 Å². The van der Waals surface area contributed by atoms with Gasteiger partial charge in [-0.2, -0.15) is 10.1 Å². The third-order valence-electron chi connectivity index (χ3n) is 4.01. The molecule has 0 aliphatic carbocycles. The number of hydrogen-bond acceptors (Lipinski definition) is 7. The zero-order chi connectivity index (χ0) is 16.8. The van der Waals surface area contributed by atoms with Crippen LogP contribution in [0.3, 0.4) is 0 Å². The zero-order valence-corrected chi connectivity index (χ0v) is 13.7. The Bertz CT molecular complexity index is 682. The minimum atomic E-state index is -0.353. The fraction of sp³-hybridized carbons (Fsp3) is 0.412. The molecule has 1 N–H and O–H groups in total. The highest BCUT2D eigenvalue weighted by molar-refractivity contribution is 5.89. The number of methoxy groups -OCH3 is 1. The summed E-state index contributed by atoms with van der Waals surface area (Å²) < 4.78 is 4.69. The topological polar surface area (TPSA) is 80.2 Å². The van der Waals surface area contributed by atoms with Crippen molar-refractivity contribution in [3.8, 4) is 0 Å². The lowest BCUT2D eigenvalue weighted by Crippen LogP contribution is -2.26. The molecule has 0 radical (unpaired) electrons. The molecule has 1 aliphatic heterocycles. The van der Waals surface area contributed by atoms with Crippen LogP contribution in [0.5, 0.6) is 0 Å². The van der Waals surface area contributed by atoms with E-state index in [1.165, 1.54) is 20.0 Å². The van der Waals surface area contributed by atoms with Crippen LogP contribution in [-0.4, -0.2) is 41.3 Å². The molecular weight excluding hydrogens is 306 g/mol. The average molecular weight is 327 g/mol. The number of carbonyl (C=O) groups excluding carboxylic acids is 1. The molecule has 0 atom stereocenters. The number of benzene rings is 1. The monoisotopic (exact) mass is 327 g/mol. The molecule has 24 heavy (non-hydrogen) atoms. The minimum absolute atomic E-state index is 0.353. The number of nitrogens with zero attached hydrogens (tertiary/aromatic N) is 4. The van der Waals surface area contributed by atoms with Gasteiger partial charge in [-0.15, -0.1) is 5.10 Å². The maximum Gasteiger partial charge on any atom is 0.337 e. The smallest absolute Gasteiger partial charge is 0.337 e. The van der Waals surface area contributed by atoms with E-state index in [0.29, 0.717) is 17.3 Å². The second-order valence-corrected chi connectivity index (χ2v) is 5.74. The maximum absolute atomic E-state index is 11.5. The standard InChI is InChI=1S/C17H21N5O2/c1-24-16(23)13-6-8-14(9-7-13)19-15-12-18-21-17(20-15)22-10-4-2-3-5-11-22/h6-9,12H,2-5,10-11H2,1H3,(H,19,20,21). The fourth-order valence-electron chi connectivity index (χ4n) is 2.71. The summed E-state index contributed by atoms with van der Waals surface area (Å²) in [5.41, 5.74) is 1.33. The number of anilines is 3. The highest BCUT2D eigenvalue weighted by Gasteiger charge is 2.13. The molecule has 0 saturated carbocycles. The van der Waals surface area contributed by atoms with Gasteiger partial charge in [-0.25, -0.2) is 4.79 Å². The Kier molecular flexibility index (Phi) is 5.20. The molecule has 2 aromatic rings. The summed E-state index contributed by atoms with van der Waals surface area (Å²) in [4.78, 5) is 18.2. The van der Waals surface area contributed by atoms with E-state index >= 15 is 0 Å². The number of nitrogens with one attached hydrogen (secondary N) is 1. The Morgan fingerprint density at radius 2 is 1.83 bits per heavy atom. The van der Waals surface area contributed by atoms with Gasteiger partial charge in [0.25, 0.3) is 0 Å². The molecule has 1 aromatic carbocycles. The summed E-state index contributed by atoms with van der Waals surface area (Å²) in [6.45, 7) is 1.94. The molecular formula is C17H21N5O2. The van der Waals surface area contributed by atoms with Gasteiger partial charge in [0.2, 0.25) is 5.95 Å². The quantitative estimate of drug-likeness (QED) is 0.865. The lowest BCUT2D eigenvalue weighted by Gasteiger charge is -2.19. The first kappa shape index (κ1) is 16.2. The van der Waals surface area contributed by atoms with Crippen molar-refractivity contribution in [1.29, 1.82) is 0 Å². The van der Waals surface area contributed by atoms with Gasteiger partial charge in [-0.1, -0.05) is 12.8 Å². The van der Waals surface area contributed by atoms with Crippen LogP contribution in [0, 0.1) is 0 Å². The summed E-state index contributed by atoms with van der Waals surface area (Å²) >= 11 is 0. The predicted octanol–water partition coefficient (Wildman–Crippen LogP) is 2.78. The van der Waals surface area contributed by atoms with Crippen LogP contribution >= 0.6 is 0 Å². The van der Waals surface area contributed by atoms with Gasteiger partial charge in [-0.3, -0.25) is 0 Å². The van der Waals surface area contributed by atoms with Gasteiger partial charge in [0, 0.05) is 18.8 Å². The van der Waals surface area contributed by atoms with Gasteiger partial charge in [-0.05, 0) is 37.1 Å². The van der Waals surface area contributed by atoms with Crippen molar-refractivity contribution in [1.82, 2.24) is 15.2 Å².